The van der Waals surface area contributed by atoms with Crippen LogP contribution in [0, 0.1) is 6.92 Å². The Balaban J connectivity index is 1.71. The van der Waals surface area contributed by atoms with Crippen LogP contribution in [0.15, 0.2) is 60.9 Å². The fourth-order valence-corrected chi connectivity index (χ4v) is 2.44. The number of hydrogen-bond acceptors (Lipinski definition) is 5. The molecular weight excluding hydrogens is 298 g/mol. The number of pyridine rings is 1. The number of aromatic nitrogens is 3. The molecule has 2 aromatic heterocycles. The average molecular weight is 319 g/mol. The molecule has 5 nitrogen and oxygen atoms in total. The van der Waals surface area contributed by atoms with Crippen LogP contribution in [0.1, 0.15) is 16.8 Å². The molecule has 1 N–H and O–H groups in total. The Bertz CT molecular complexity index is 774. The number of aryl methyl sites for hydroxylation is 1. The molecule has 0 amide bonds. The molecule has 0 fully saturated rings. The molecule has 2 heterocycles. The number of nitrogens with zero attached hydrogens (tertiary/aromatic N) is 4. The summed E-state index contributed by atoms with van der Waals surface area (Å²) in [6.07, 6.45) is 3.62. The Hall–Kier alpha value is -2.95. The van der Waals surface area contributed by atoms with Gasteiger partial charge in [0.05, 0.1) is 0 Å². The van der Waals surface area contributed by atoms with Crippen LogP contribution >= 0.6 is 0 Å². The molecule has 122 valence electrons. The summed E-state index contributed by atoms with van der Waals surface area (Å²) in [6, 6.07) is 16.2. The Morgan fingerprint density at radius 1 is 1.00 bits per heavy atom. The van der Waals surface area contributed by atoms with Gasteiger partial charge >= 0.3 is 0 Å². The summed E-state index contributed by atoms with van der Waals surface area (Å²) in [4.78, 5) is 15.4. The van der Waals surface area contributed by atoms with Gasteiger partial charge in [-0.2, -0.15) is 4.98 Å². The lowest BCUT2D eigenvalue weighted by Crippen LogP contribution is -2.20. The quantitative estimate of drug-likeness (QED) is 0.754. The van der Waals surface area contributed by atoms with E-state index in [-0.39, 0.29) is 0 Å². The van der Waals surface area contributed by atoms with Gasteiger partial charge in [-0.15, -0.1) is 0 Å². The summed E-state index contributed by atoms with van der Waals surface area (Å²) < 4.78 is 0. The third kappa shape index (κ3) is 4.29. The fraction of sp³-hybridized carbons (Fsp3) is 0.211. The van der Waals surface area contributed by atoms with Gasteiger partial charge in [-0.3, -0.25) is 4.98 Å². The first-order chi connectivity index (χ1) is 11.7. The molecule has 1 aromatic carbocycles. The third-order valence-electron chi connectivity index (χ3n) is 3.64. The molecule has 0 aliphatic heterocycles. The molecule has 0 aliphatic rings. The molecular formula is C19H21N5. The van der Waals surface area contributed by atoms with Gasteiger partial charge in [0, 0.05) is 44.3 Å². The largest absolute Gasteiger partial charge is 0.366 e. The van der Waals surface area contributed by atoms with Crippen molar-refractivity contribution in [3.63, 3.8) is 0 Å². The normalized spacial score (nSPS) is 10.4. The molecule has 0 atom stereocenters. The predicted molar refractivity (Wildman–Crippen MR) is 96.9 cm³/mol. The van der Waals surface area contributed by atoms with Crippen LogP contribution in [-0.4, -0.2) is 22.0 Å². The Morgan fingerprint density at radius 3 is 2.54 bits per heavy atom. The van der Waals surface area contributed by atoms with Gasteiger partial charge in [0.15, 0.2) is 0 Å². The molecule has 0 radical (unpaired) electrons. The highest BCUT2D eigenvalue weighted by molar-refractivity contribution is 5.44. The van der Waals surface area contributed by atoms with E-state index in [0.29, 0.717) is 12.5 Å². The summed E-state index contributed by atoms with van der Waals surface area (Å²) in [6.45, 7) is 3.44. The van der Waals surface area contributed by atoms with Crippen LogP contribution in [0.4, 0.5) is 11.8 Å². The second-order valence-electron chi connectivity index (χ2n) is 5.75. The summed E-state index contributed by atoms with van der Waals surface area (Å²) in [5.74, 6) is 1.54. The van der Waals surface area contributed by atoms with E-state index in [4.69, 9.17) is 0 Å². The SMILES string of the molecule is Cc1cc(NCc2cccnc2)nc(N(C)Cc2ccccc2)n1. The van der Waals surface area contributed by atoms with E-state index in [9.17, 15) is 0 Å². The van der Waals surface area contributed by atoms with Gasteiger partial charge < -0.3 is 10.2 Å². The zero-order chi connectivity index (χ0) is 16.8. The highest BCUT2D eigenvalue weighted by atomic mass is 15.2. The molecule has 5 heteroatoms. The highest BCUT2D eigenvalue weighted by Crippen LogP contribution is 2.15. The van der Waals surface area contributed by atoms with Gasteiger partial charge in [0.2, 0.25) is 5.95 Å². The van der Waals surface area contributed by atoms with Crippen molar-refractivity contribution >= 4 is 11.8 Å². The van der Waals surface area contributed by atoms with Crippen LogP contribution in [0.5, 0.6) is 0 Å². The van der Waals surface area contributed by atoms with Crippen LogP contribution in [0.2, 0.25) is 0 Å². The van der Waals surface area contributed by atoms with Crippen LogP contribution < -0.4 is 10.2 Å². The van der Waals surface area contributed by atoms with E-state index in [2.05, 4.69) is 37.3 Å². The fourth-order valence-electron chi connectivity index (χ4n) is 2.44. The molecule has 0 unspecified atom stereocenters. The number of benzene rings is 1. The number of rotatable bonds is 6. The van der Waals surface area contributed by atoms with Crippen molar-refractivity contribution in [1.29, 1.82) is 0 Å². The van der Waals surface area contributed by atoms with E-state index in [1.54, 1.807) is 6.20 Å². The van der Waals surface area contributed by atoms with Crippen LogP contribution in [0.3, 0.4) is 0 Å². The first-order valence-corrected chi connectivity index (χ1v) is 7.94. The van der Waals surface area contributed by atoms with Gasteiger partial charge in [-0.1, -0.05) is 36.4 Å². The van der Waals surface area contributed by atoms with E-state index < -0.39 is 0 Å². The number of nitrogens with one attached hydrogen (secondary N) is 1. The zero-order valence-corrected chi connectivity index (χ0v) is 14.0. The van der Waals surface area contributed by atoms with E-state index in [1.165, 1.54) is 5.56 Å². The molecule has 0 aliphatic carbocycles. The van der Waals surface area contributed by atoms with Gasteiger partial charge in [0.1, 0.15) is 5.82 Å². The second-order valence-corrected chi connectivity index (χ2v) is 5.75. The summed E-state index contributed by atoms with van der Waals surface area (Å²) in [5, 5.41) is 3.34. The van der Waals surface area contributed by atoms with Crippen molar-refractivity contribution in [2.45, 2.75) is 20.0 Å². The standard InChI is InChI=1S/C19H21N5/c1-15-11-18(21-13-17-9-6-10-20-12-17)23-19(22-15)24(2)14-16-7-4-3-5-8-16/h3-12H,13-14H2,1-2H3,(H,21,22,23). The first-order valence-electron chi connectivity index (χ1n) is 7.94. The summed E-state index contributed by atoms with van der Waals surface area (Å²) in [7, 11) is 2.01. The smallest absolute Gasteiger partial charge is 0.227 e. The lowest BCUT2D eigenvalue weighted by Gasteiger charge is -2.18. The maximum atomic E-state index is 4.63. The Labute approximate surface area is 142 Å². The molecule has 3 rings (SSSR count). The monoisotopic (exact) mass is 319 g/mol. The number of anilines is 2. The molecule has 0 saturated carbocycles. The van der Waals surface area contributed by atoms with Gasteiger partial charge in [-0.05, 0) is 24.1 Å². The molecule has 0 bridgehead atoms. The Morgan fingerprint density at radius 2 is 1.79 bits per heavy atom. The maximum Gasteiger partial charge on any atom is 0.227 e. The first kappa shape index (κ1) is 15.9. The van der Waals surface area contributed by atoms with E-state index in [1.807, 2.05) is 56.6 Å². The molecule has 0 saturated heterocycles. The maximum absolute atomic E-state index is 4.63. The van der Waals surface area contributed by atoms with Crippen molar-refractivity contribution in [3.05, 3.63) is 77.7 Å². The minimum atomic E-state index is 0.687. The van der Waals surface area contributed by atoms with Gasteiger partial charge in [0.25, 0.3) is 0 Å². The Kier molecular flexibility index (Phi) is 5.01. The van der Waals surface area contributed by atoms with E-state index in [0.717, 1.165) is 23.6 Å². The lowest BCUT2D eigenvalue weighted by molar-refractivity contribution is 0.858. The predicted octanol–water partition coefficient (Wildman–Crippen LogP) is 3.43. The molecule has 3 aromatic rings. The minimum absolute atomic E-state index is 0.687. The topological polar surface area (TPSA) is 53.9 Å². The molecule has 0 spiro atoms. The zero-order valence-electron chi connectivity index (χ0n) is 14.0. The average Bonchev–Trinajstić information content (AvgIpc) is 2.61. The van der Waals surface area contributed by atoms with Crippen LogP contribution in [-0.2, 0) is 13.1 Å². The number of hydrogen-bond donors (Lipinski definition) is 1. The van der Waals surface area contributed by atoms with Crippen LogP contribution in [0.25, 0.3) is 0 Å². The lowest BCUT2D eigenvalue weighted by atomic mass is 10.2. The van der Waals surface area contributed by atoms with E-state index >= 15 is 0 Å². The second kappa shape index (κ2) is 7.55. The van der Waals surface area contributed by atoms with Crippen molar-refractivity contribution in [3.8, 4) is 0 Å². The van der Waals surface area contributed by atoms with Crippen molar-refractivity contribution in [1.82, 2.24) is 15.0 Å². The van der Waals surface area contributed by atoms with Gasteiger partial charge in [-0.25, -0.2) is 4.98 Å². The van der Waals surface area contributed by atoms with Crippen molar-refractivity contribution in [2.75, 3.05) is 17.3 Å². The highest BCUT2D eigenvalue weighted by Gasteiger charge is 2.08. The van der Waals surface area contributed by atoms with Crippen molar-refractivity contribution < 1.29 is 0 Å². The summed E-state index contributed by atoms with van der Waals surface area (Å²) in [5.41, 5.74) is 3.29. The minimum Gasteiger partial charge on any atom is -0.366 e. The van der Waals surface area contributed by atoms with Crippen molar-refractivity contribution in [2.24, 2.45) is 0 Å². The third-order valence-corrected chi connectivity index (χ3v) is 3.64. The summed E-state index contributed by atoms with van der Waals surface area (Å²) >= 11 is 0. The molecule has 24 heavy (non-hydrogen) atoms.